The summed E-state index contributed by atoms with van der Waals surface area (Å²) in [5.41, 5.74) is 0. The van der Waals surface area contributed by atoms with E-state index in [0.717, 1.165) is 6.61 Å². The largest absolute Gasteiger partial charge is 0.511 e. The summed E-state index contributed by atoms with van der Waals surface area (Å²) < 4.78 is 20.9. The van der Waals surface area contributed by atoms with Gasteiger partial charge in [-0.2, -0.15) is 0 Å². The fourth-order valence-electron chi connectivity index (χ4n) is 0.618. The maximum absolute atomic E-state index is 10.9. The van der Waals surface area contributed by atoms with Crippen molar-refractivity contribution in [3.05, 3.63) is 0 Å². The third-order valence-corrected chi connectivity index (χ3v) is 2.45. The molecule has 10 heavy (non-hydrogen) atoms. The van der Waals surface area contributed by atoms with Crippen molar-refractivity contribution in [3.63, 3.8) is 0 Å². The van der Waals surface area contributed by atoms with E-state index in [9.17, 15) is 4.57 Å². The highest BCUT2D eigenvalue weighted by molar-refractivity contribution is 7.39. The van der Waals surface area contributed by atoms with Crippen molar-refractivity contribution in [2.45, 2.75) is 26.1 Å². The van der Waals surface area contributed by atoms with Crippen LogP contribution >= 0.6 is 8.03 Å². The molecule has 0 aromatic rings. The second-order valence-corrected chi connectivity index (χ2v) is 3.87. The van der Waals surface area contributed by atoms with Gasteiger partial charge in [0.1, 0.15) is 12.2 Å². The van der Waals surface area contributed by atoms with Gasteiger partial charge in [-0.1, -0.05) is 0 Å². The molecule has 0 spiro atoms. The van der Waals surface area contributed by atoms with Crippen LogP contribution in [0.4, 0.5) is 0 Å². The van der Waals surface area contributed by atoms with Gasteiger partial charge in [-0.25, -0.2) is 0 Å². The molecule has 1 fully saturated rings. The zero-order valence-electron chi connectivity index (χ0n) is 6.24. The van der Waals surface area contributed by atoms with Crippen LogP contribution in [0.25, 0.3) is 0 Å². The number of rotatable bonds is 4. The summed E-state index contributed by atoms with van der Waals surface area (Å²) in [4.78, 5) is 0. The number of ether oxygens (including phenoxy) is 1. The number of epoxide rings is 1. The van der Waals surface area contributed by atoms with Gasteiger partial charge in [0.25, 0.3) is 0 Å². The molecule has 0 aromatic heterocycles. The molecule has 58 valence electrons. The molecule has 0 saturated carbocycles. The van der Waals surface area contributed by atoms with Crippen LogP contribution in [0.15, 0.2) is 0 Å². The molecular formula is C6H12O3P+. The molecule has 0 aliphatic carbocycles. The Morgan fingerprint density at radius 3 is 2.80 bits per heavy atom. The summed E-state index contributed by atoms with van der Waals surface area (Å²) in [6.07, 6.45) is 0.831. The molecule has 1 aliphatic rings. The molecule has 1 saturated heterocycles. The van der Waals surface area contributed by atoms with Crippen LogP contribution in [-0.4, -0.2) is 25.0 Å². The highest BCUT2D eigenvalue weighted by Crippen LogP contribution is 2.29. The molecule has 0 amide bonds. The van der Waals surface area contributed by atoms with E-state index in [1.807, 2.05) is 13.8 Å². The fraction of sp³-hybridized carbons (Fsp3) is 1.00. The molecule has 3 nitrogen and oxygen atoms in total. The van der Waals surface area contributed by atoms with Crippen LogP contribution in [0.5, 0.6) is 0 Å². The quantitative estimate of drug-likeness (QED) is 0.466. The molecule has 2 atom stereocenters. The summed E-state index contributed by atoms with van der Waals surface area (Å²) >= 11 is 0. The number of hydrogen-bond acceptors (Lipinski definition) is 3. The highest BCUT2D eigenvalue weighted by Gasteiger charge is 2.34. The minimum absolute atomic E-state index is 0.0577. The second kappa shape index (κ2) is 3.42. The van der Waals surface area contributed by atoms with E-state index < -0.39 is 8.03 Å². The molecule has 1 heterocycles. The second-order valence-electron chi connectivity index (χ2n) is 2.62. The lowest BCUT2D eigenvalue weighted by atomic mass is 10.5. The van der Waals surface area contributed by atoms with Crippen molar-refractivity contribution in [1.29, 1.82) is 0 Å². The van der Waals surface area contributed by atoms with E-state index in [4.69, 9.17) is 9.26 Å². The lowest BCUT2D eigenvalue weighted by molar-refractivity contribution is 0.254. The normalized spacial score (nSPS) is 25.1. The summed E-state index contributed by atoms with van der Waals surface area (Å²) in [5, 5.41) is 0. The van der Waals surface area contributed by atoms with Gasteiger partial charge in [-0.3, -0.25) is 0 Å². The molecule has 0 bridgehead atoms. The van der Waals surface area contributed by atoms with E-state index in [1.54, 1.807) is 0 Å². The first-order valence-corrected chi connectivity index (χ1v) is 4.78. The minimum Gasteiger partial charge on any atom is -0.368 e. The zero-order valence-corrected chi connectivity index (χ0v) is 7.14. The van der Waals surface area contributed by atoms with E-state index in [1.165, 1.54) is 0 Å². The van der Waals surface area contributed by atoms with Crippen LogP contribution in [0.2, 0.25) is 0 Å². The zero-order chi connectivity index (χ0) is 7.56. The first-order chi connectivity index (χ1) is 4.68. The Labute approximate surface area is 61.6 Å². The van der Waals surface area contributed by atoms with Crippen molar-refractivity contribution < 1.29 is 13.8 Å². The Morgan fingerprint density at radius 1 is 1.80 bits per heavy atom. The average Bonchev–Trinajstić information content (AvgIpc) is 2.46. The topological polar surface area (TPSA) is 38.8 Å². The fourth-order valence-corrected chi connectivity index (χ4v) is 1.72. The van der Waals surface area contributed by atoms with Crippen molar-refractivity contribution in [3.8, 4) is 0 Å². The molecule has 1 rings (SSSR count). The maximum Gasteiger partial charge on any atom is 0.511 e. The van der Waals surface area contributed by atoms with Crippen LogP contribution in [0.1, 0.15) is 13.8 Å². The SMILES string of the molecule is CC(C)O[P+](=O)CC1CO1. The lowest BCUT2D eigenvalue weighted by Gasteiger charge is -1.91. The monoisotopic (exact) mass is 163 g/mol. The third-order valence-electron chi connectivity index (χ3n) is 1.08. The van der Waals surface area contributed by atoms with Crippen molar-refractivity contribution >= 4 is 8.03 Å². The van der Waals surface area contributed by atoms with Crippen LogP contribution in [0, 0.1) is 0 Å². The maximum atomic E-state index is 10.9. The summed E-state index contributed by atoms with van der Waals surface area (Å²) in [6.45, 7) is 4.50. The highest BCUT2D eigenvalue weighted by atomic mass is 31.1. The summed E-state index contributed by atoms with van der Waals surface area (Å²) in [6, 6.07) is 0. The van der Waals surface area contributed by atoms with E-state index in [-0.39, 0.29) is 12.2 Å². The summed E-state index contributed by atoms with van der Waals surface area (Å²) in [5.74, 6) is 0. The smallest absolute Gasteiger partial charge is 0.368 e. The van der Waals surface area contributed by atoms with Crippen LogP contribution in [-0.2, 0) is 13.8 Å². The van der Waals surface area contributed by atoms with Gasteiger partial charge in [-0.05, 0) is 18.4 Å². The third kappa shape index (κ3) is 3.25. The predicted molar refractivity (Wildman–Crippen MR) is 38.4 cm³/mol. The predicted octanol–water partition coefficient (Wildman–Crippen LogP) is 1.55. The summed E-state index contributed by atoms with van der Waals surface area (Å²) in [7, 11) is -1.47. The molecule has 0 radical (unpaired) electrons. The van der Waals surface area contributed by atoms with Crippen molar-refractivity contribution in [2.24, 2.45) is 0 Å². The Hall–Kier alpha value is 0.0200. The van der Waals surface area contributed by atoms with Crippen molar-refractivity contribution in [1.82, 2.24) is 0 Å². The Morgan fingerprint density at radius 2 is 2.40 bits per heavy atom. The molecule has 2 unspecified atom stereocenters. The van der Waals surface area contributed by atoms with Gasteiger partial charge in [0.15, 0.2) is 0 Å². The Bertz CT molecular complexity index is 125. The van der Waals surface area contributed by atoms with Gasteiger partial charge in [0.2, 0.25) is 6.16 Å². The minimum atomic E-state index is -1.47. The Balaban J connectivity index is 2.08. The van der Waals surface area contributed by atoms with Gasteiger partial charge in [0.05, 0.1) is 6.61 Å². The first kappa shape index (κ1) is 8.12. The lowest BCUT2D eigenvalue weighted by Crippen LogP contribution is -1.98. The number of hydrogen-bond donors (Lipinski definition) is 0. The first-order valence-electron chi connectivity index (χ1n) is 3.41. The molecule has 1 aliphatic heterocycles. The van der Waals surface area contributed by atoms with Crippen LogP contribution < -0.4 is 0 Å². The van der Waals surface area contributed by atoms with Crippen molar-refractivity contribution in [2.75, 3.05) is 12.8 Å². The molecular weight excluding hydrogens is 151 g/mol. The standard InChI is InChI=1S/C6H12O3P/c1-5(2)9-10(7)4-6-3-8-6/h5-6H,3-4H2,1-2H3/q+1. The molecule has 0 N–H and O–H groups in total. The van der Waals surface area contributed by atoms with Crippen LogP contribution in [0.3, 0.4) is 0 Å². The van der Waals surface area contributed by atoms with E-state index >= 15 is 0 Å². The van der Waals surface area contributed by atoms with E-state index in [0.29, 0.717) is 6.16 Å². The molecule has 0 aromatic carbocycles. The van der Waals surface area contributed by atoms with Gasteiger partial charge >= 0.3 is 8.03 Å². The average molecular weight is 163 g/mol. The Kier molecular flexibility index (Phi) is 2.78. The van der Waals surface area contributed by atoms with Gasteiger partial charge in [-0.15, -0.1) is 4.52 Å². The van der Waals surface area contributed by atoms with Gasteiger partial charge in [0, 0.05) is 0 Å². The molecule has 4 heteroatoms. The van der Waals surface area contributed by atoms with Gasteiger partial charge < -0.3 is 4.74 Å². The van der Waals surface area contributed by atoms with E-state index in [2.05, 4.69) is 0 Å².